The first-order chi connectivity index (χ1) is 19.8. The smallest absolute Gasteiger partial charge is 0.337 e. The summed E-state index contributed by atoms with van der Waals surface area (Å²) >= 11 is 0. The summed E-state index contributed by atoms with van der Waals surface area (Å²) in [6.45, 7) is 0.169. The Bertz CT molecular complexity index is 1520. The molecule has 0 saturated heterocycles. The Morgan fingerprint density at radius 3 is 2.61 bits per heavy atom. The Labute approximate surface area is 239 Å². The maximum absolute atomic E-state index is 12.3. The van der Waals surface area contributed by atoms with Gasteiger partial charge < -0.3 is 19.2 Å². The molecular formula is C29H36N4O7S. The van der Waals surface area contributed by atoms with E-state index < -0.39 is 16.1 Å². The SMILES string of the molecule is COC(=O)c1ccc2c(C3CCCCC3)c(-c3cccc(OC)c3OC[C@H](CCN=[N+]=[N-])COS(C)(=O)=O)[nH]c2c1. The Kier molecular flexibility index (Phi) is 10.1. The average Bonchev–Trinajstić information content (AvgIpc) is 3.36. The van der Waals surface area contributed by atoms with Gasteiger partial charge in [-0.1, -0.05) is 36.5 Å². The van der Waals surface area contributed by atoms with Crippen LogP contribution >= 0.6 is 0 Å². The second kappa shape index (κ2) is 13.8. The van der Waals surface area contributed by atoms with E-state index in [1.807, 2.05) is 24.3 Å². The van der Waals surface area contributed by atoms with Crippen molar-refractivity contribution >= 4 is 27.0 Å². The molecule has 4 rings (SSSR count). The first kappa shape index (κ1) is 30.2. The van der Waals surface area contributed by atoms with E-state index >= 15 is 0 Å². The quantitative estimate of drug-likeness (QED) is 0.0807. The lowest BCUT2D eigenvalue weighted by Crippen LogP contribution is -2.21. The average molecular weight is 585 g/mol. The highest BCUT2D eigenvalue weighted by Gasteiger charge is 2.27. The summed E-state index contributed by atoms with van der Waals surface area (Å²) in [5, 5.41) is 4.62. The standard InChI is InChI=1S/C29H36N4O7S/c1-37-25-11-7-10-23(28(25)39-17-19(14-15-31-33-30)18-40-41(3,35)36)27-26(20-8-5-4-6-9-20)22-13-12-21(29(34)38-2)16-24(22)32-27/h7,10-13,16,19-20,32H,4-6,8-9,14-15,17-18H2,1-3H3/t19-/m0/s1. The molecule has 1 atom stereocenters. The fraction of sp³-hybridized carbons (Fsp3) is 0.483. The fourth-order valence-electron chi connectivity index (χ4n) is 5.43. The highest BCUT2D eigenvalue weighted by Crippen LogP contribution is 2.46. The number of nitrogens with zero attached hydrogens (tertiary/aromatic N) is 3. The molecule has 1 saturated carbocycles. The van der Waals surface area contributed by atoms with Crippen molar-refractivity contribution in [3.8, 4) is 22.8 Å². The van der Waals surface area contributed by atoms with Gasteiger partial charge >= 0.3 is 5.97 Å². The van der Waals surface area contributed by atoms with E-state index in [2.05, 4.69) is 15.0 Å². The van der Waals surface area contributed by atoms with Crippen molar-refractivity contribution < 1.29 is 31.6 Å². The minimum Gasteiger partial charge on any atom is -0.493 e. The van der Waals surface area contributed by atoms with Crippen LogP contribution in [0.2, 0.25) is 0 Å². The van der Waals surface area contributed by atoms with Crippen LogP contribution in [-0.4, -0.2) is 59.6 Å². The van der Waals surface area contributed by atoms with Gasteiger partial charge in [0.2, 0.25) is 0 Å². The zero-order valence-electron chi connectivity index (χ0n) is 23.6. The van der Waals surface area contributed by atoms with Gasteiger partial charge in [0.25, 0.3) is 10.1 Å². The largest absolute Gasteiger partial charge is 0.493 e. The summed E-state index contributed by atoms with van der Waals surface area (Å²) in [7, 11) is -0.738. The van der Waals surface area contributed by atoms with Crippen molar-refractivity contribution in [3.05, 3.63) is 58.0 Å². The van der Waals surface area contributed by atoms with E-state index in [1.54, 1.807) is 19.2 Å². The Balaban J connectivity index is 1.77. The molecule has 1 aliphatic rings. The molecule has 220 valence electrons. The minimum absolute atomic E-state index is 0.106. The van der Waals surface area contributed by atoms with Crippen LogP contribution in [0.25, 0.3) is 32.6 Å². The molecule has 1 fully saturated rings. The summed E-state index contributed by atoms with van der Waals surface area (Å²) in [6, 6.07) is 11.2. The van der Waals surface area contributed by atoms with Crippen LogP contribution in [0.5, 0.6) is 11.5 Å². The van der Waals surface area contributed by atoms with Crippen LogP contribution in [0.3, 0.4) is 0 Å². The summed E-state index contributed by atoms with van der Waals surface area (Å²) in [5.74, 6) is 0.575. The van der Waals surface area contributed by atoms with Crippen molar-refractivity contribution in [3.63, 3.8) is 0 Å². The number of aromatic nitrogens is 1. The maximum Gasteiger partial charge on any atom is 0.337 e. The molecule has 1 aliphatic carbocycles. The number of benzene rings is 2. The maximum atomic E-state index is 12.3. The number of hydrogen-bond donors (Lipinski definition) is 1. The first-order valence-electron chi connectivity index (χ1n) is 13.6. The van der Waals surface area contributed by atoms with Gasteiger partial charge in [0.15, 0.2) is 11.5 Å². The van der Waals surface area contributed by atoms with Crippen molar-refractivity contribution in [2.45, 2.75) is 44.4 Å². The summed E-state index contributed by atoms with van der Waals surface area (Å²) in [5.41, 5.74) is 12.8. The van der Waals surface area contributed by atoms with E-state index in [-0.39, 0.29) is 25.7 Å². The van der Waals surface area contributed by atoms with Crippen LogP contribution in [0.1, 0.15) is 60.4 Å². The lowest BCUT2D eigenvalue weighted by atomic mass is 9.81. The van der Waals surface area contributed by atoms with E-state index in [0.29, 0.717) is 29.4 Å². The monoisotopic (exact) mass is 584 g/mol. The molecule has 1 heterocycles. The van der Waals surface area contributed by atoms with Crippen molar-refractivity contribution in [1.29, 1.82) is 0 Å². The van der Waals surface area contributed by atoms with Gasteiger partial charge in [-0.2, -0.15) is 8.42 Å². The van der Waals surface area contributed by atoms with E-state index in [1.165, 1.54) is 19.1 Å². The van der Waals surface area contributed by atoms with Crippen LogP contribution < -0.4 is 9.47 Å². The fourth-order valence-corrected chi connectivity index (χ4v) is 5.87. The molecule has 41 heavy (non-hydrogen) atoms. The van der Waals surface area contributed by atoms with Crippen LogP contribution in [0.15, 0.2) is 41.5 Å². The molecule has 1 aromatic heterocycles. The second-order valence-electron chi connectivity index (χ2n) is 10.2. The third-order valence-corrected chi connectivity index (χ3v) is 7.99. The number of methoxy groups -OCH3 is 2. The number of carbonyl (C=O) groups is 1. The molecule has 3 aromatic rings. The van der Waals surface area contributed by atoms with Gasteiger partial charge in [-0.15, -0.1) is 0 Å². The number of ether oxygens (including phenoxy) is 3. The topological polar surface area (TPSA) is 153 Å². The molecule has 11 nitrogen and oxygen atoms in total. The normalized spacial score (nSPS) is 14.8. The zero-order chi connectivity index (χ0) is 29.4. The molecule has 2 aromatic carbocycles. The van der Waals surface area contributed by atoms with Crippen LogP contribution in [-0.2, 0) is 19.0 Å². The number of azide groups is 1. The number of para-hydroxylation sites is 1. The lowest BCUT2D eigenvalue weighted by molar-refractivity contribution is 0.0601. The van der Waals surface area contributed by atoms with E-state index in [9.17, 15) is 13.2 Å². The molecule has 0 bridgehead atoms. The second-order valence-corrected chi connectivity index (χ2v) is 11.9. The number of hydrogen-bond acceptors (Lipinski definition) is 8. The number of aromatic amines is 1. The zero-order valence-corrected chi connectivity index (χ0v) is 24.4. The van der Waals surface area contributed by atoms with Crippen LogP contribution in [0.4, 0.5) is 0 Å². The Morgan fingerprint density at radius 1 is 1.15 bits per heavy atom. The molecular weight excluding hydrogens is 548 g/mol. The molecule has 1 N–H and O–H groups in total. The number of nitrogens with one attached hydrogen (secondary N) is 1. The molecule has 12 heteroatoms. The van der Waals surface area contributed by atoms with Gasteiger partial charge in [0.05, 0.1) is 44.9 Å². The van der Waals surface area contributed by atoms with Crippen molar-refractivity contribution in [1.82, 2.24) is 4.98 Å². The van der Waals surface area contributed by atoms with Crippen molar-refractivity contribution in [2.75, 3.05) is 40.2 Å². The van der Waals surface area contributed by atoms with E-state index in [0.717, 1.165) is 54.1 Å². The molecule has 0 unspecified atom stereocenters. The minimum atomic E-state index is -3.66. The van der Waals surface area contributed by atoms with Crippen molar-refractivity contribution in [2.24, 2.45) is 11.0 Å². The Hall–Kier alpha value is -3.73. The summed E-state index contributed by atoms with van der Waals surface area (Å²) in [6.07, 6.45) is 6.98. The lowest BCUT2D eigenvalue weighted by Gasteiger charge is -2.24. The first-order valence-corrected chi connectivity index (χ1v) is 15.5. The van der Waals surface area contributed by atoms with Gasteiger partial charge in [0.1, 0.15) is 0 Å². The predicted molar refractivity (Wildman–Crippen MR) is 156 cm³/mol. The summed E-state index contributed by atoms with van der Waals surface area (Å²) < 4.78 is 45.3. The number of carbonyl (C=O) groups excluding carboxylic acids is 1. The molecule has 0 aliphatic heterocycles. The highest BCUT2D eigenvalue weighted by atomic mass is 32.2. The number of esters is 1. The summed E-state index contributed by atoms with van der Waals surface area (Å²) in [4.78, 5) is 18.6. The van der Waals surface area contributed by atoms with E-state index in [4.69, 9.17) is 23.9 Å². The molecule has 0 spiro atoms. The molecule has 0 amide bonds. The van der Waals surface area contributed by atoms with Crippen LogP contribution in [0, 0.1) is 5.92 Å². The highest BCUT2D eigenvalue weighted by molar-refractivity contribution is 7.85. The number of H-pyrrole nitrogens is 1. The van der Waals surface area contributed by atoms with Gasteiger partial charge in [-0.25, -0.2) is 4.79 Å². The number of fused-ring (bicyclic) bond motifs is 1. The third-order valence-electron chi connectivity index (χ3n) is 7.42. The number of rotatable bonds is 13. The van der Waals surface area contributed by atoms with Gasteiger partial charge in [-0.3, -0.25) is 4.18 Å². The van der Waals surface area contributed by atoms with Gasteiger partial charge in [0, 0.05) is 33.8 Å². The Morgan fingerprint density at radius 2 is 1.93 bits per heavy atom. The molecule has 0 radical (unpaired) electrons. The van der Waals surface area contributed by atoms with Gasteiger partial charge in [-0.05, 0) is 60.5 Å². The third kappa shape index (κ3) is 7.52. The predicted octanol–water partition coefficient (Wildman–Crippen LogP) is 6.35.